The SMILES string of the molecule is CN(CC1CCCO1)c1ccc(F)cc1CCN. The highest BCUT2D eigenvalue weighted by Crippen LogP contribution is 2.23. The van der Waals surface area contributed by atoms with Gasteiger partial charge in [-0.3, -0.25) is 0 Å². The summed E-state index contributed by atoms with van der Waals surface area (Å²) in [6, 6.07) is 4.91. The Bertz CT molecular complexity index is 391. The molecule has 1 heterocycles. The molecule has 0 saturated carbocycles. The Labute approximate surface area is 108 Å². The average molecular weight is 252 g/mol. The molecule has 1 aromatic rings. The Balaban J connectivity index is 2.09. The molecule has 0 spiro atoms. The largest absolute Gasteiger partial charge is 0.376 e. The number of ether oxygens (including phenoxy) is 1. The summed E-state index contributed by atoms with van der Waals surface area (Å²) in [7, 11) is 2.02. The number of nitrogens with zero attached hydrogens (tertiary/aromatic N) is 1. The molecule has 1 aromatic carbocycles. The fraction of sp³-hybridized carbons (Fsp3) is 0.571. The lowest BCUT2D eigenvalue weighted by Gasteiger charge is -2.25. The monoisotopic (exact) mass is 252 g/mol. The van der Waals surface area contributed by atoms with E-state index in [9.17, 15) is 4.39 Å². The van der Waals surface area contributed by atoms with Gasteiger partial charge in [-0.2, -0.15) is 0 Å². The summed E-state index contributed by atoms with van der Waals surface area (Å²) in [6.45, 7) is 2.24. The van der Waals surface area contributed by atoms with E-state index in [1.54, 1.807) is 6.07 Å². The van der Waals surface area contributed by atoms with Crippen molar-refractivity contribution in [2.24, 2.45) is 5.73 Å². The van der Waals surface area contributed by atoms with Crippen LogP contribution in [0.1, 0.15) is 18.4 Å². The van der Waals surface area contributed by atoms with Gasteiger partial charge < -0.3 is 15.4 Å². The predicted octanol–water partition coefficient (Wildman–Crippen LogP) is 1.94. The summed E-state index contributed by atoms with van der Waals surface area (Å²) in [6.07, 6.45) is 3.24. The second-order valence-electron chi connectivity index (χ2n) is 4.83. The van der Waals surface area contributed by atoms with Gasteiger partial charge in [-0.05, 0) is 49.6 Å². The molecule has 4 heteroatoms. The molecule has 0 amide bonds. The van der Waals surface area contributed by atoms with Gasteiger partial charge in [-0.1, -0.05) is 0 Å². The number of benzene rings is 1. The van der Waals surface area contributed by atoms with Crippen molar-refractivity contribution < 1.29 is 9.13 Å². The molecule has 1 aliphatic heterocycles. The highest BCUT2D eigenvalue weighted by atomic mass is 19.1. The van der Waals surface area contributed by atoms with Crippen molar-refractivity contribution in [1.82, 2.24) is 0 Å². The molecule has 1 fully saturated rings. The van der Waals surface area contributed by atoms with Gasteiger partial charge in [0.2, 0.25) is 0 Å². The van der Waals surface area contributed by atoms with Crippen LogP contribution in [0.15, 0.2) is 18.2 Å². The van der Waals surface area contributed by atoms with Crippen LogP contribution in [0.5, 0.6) is 0 Å². The first-order valence-electron chi connectivity index (χ1n) is 6.52. The molecule has 3 nitrogen and oxygen atoms in total. The van der Waals surface area contributed by atoms with E-state index in [0.29, 0.717) is 19.1 Å². The summed E-state index contributed by atoms with van der Waals surface area (Å²) in [5, 5.41) is 0. The van der Waals surface area contributed by atoms with Crippen LogP contribution < -0.4 is 10.6 Å². The highest BCUT2D eigenvalue weighted by Gasteiger charge is 2.18. The van der Waals surface area contributed by atoms with Crippen LogP contribution in [0.3, 0.4) is 0 Å². The molecule has 0 aliphatic carbocycles. The van der Waals surface area contributed by atoms with Crippen LogP contribution in [0.2, 0.25) is 0 Å². The molecule has 0 radical (unpaired) electrons. The third-order valence-corrected chi connectivity index (χ3v) is 3.37. The molecule has 1 aliphatic rings. The minimum absolute atomic E-state index is 0.201. The molecular formula is C14H21FN2O. The molecule has 1 saturated heterocycles. The summed E-state index contributed by atoms with van der Waals surface area (Å²) in [5.74, 6) is -0.201. The lowest BCUT2D eigenvalue weighted by molar-refractivity contribution is 0.116. The molecule has 100 valence electrons. The number of halogens is 1. The summed E-state index contributed by atoms with van der Waals surface area (Å²) in [4.78, 5) is 2.14. The number of hydrogen-bond acceptors (Lipinski definition) is 3. The van der Waals surface area contributed by atoms with Crippen molar-refractivity contribution in [3.05, 3.63) is 29.6 Å². The van der Waals surface area contributed by atoms with E-state index in [2.05, 4.69) is 4.90 Å². The van der Waals surface area contributed by atoms with Gasteiger partial charge in [-0.25, -0.2) is 4.39 Å². The molecule has 1 atom stereocenters. The van der Waals surface area contributed by atoms with Gasteiger partial charge in [0.1, 0.15) is 5.82 Å². The van der Waals surface area contributed by atoms with Crippen molar-refractivity contribution >= 4 is 5.69 Å². The van der Waals surface area contributed by atoms with Crippen LogP contribution in [-0.4, -0.2) is 32.8 Å². The van der Waals surface area contributed by atoms with Crippen LogP contribution in [0.25, 0.3) is 0 Å². The number of anilines is 1. The maximum atomic E-state index is 13.3. The molecule has 0 bridgehead atoms. The first-order chi connectivity index (χ1) is 8.70. The molecule has 18 heavy (non-hydrogen) atoms. The minimum Gasteiger partial charge on any atom is -0.376 e. The smallest absolute Gasteiger partial charge is 0.123 e. The van der Waals surface area contributed by atoms with Crippen molar-refractivity contribution in [2.45, 2.75) is 25.4 Å². The summed E-state index contributed by atoms with van der Waals surface area (Å²) >= 11 is 0. The number of rotatable bonds is 5. The Morgan fingerprint density at radius 1 is 1.50 bits per heavy atom. The van der Waals surface area contributed by atoms with E-state index in [4.69, 9.17) is 10.5 Å². The zero-order chi connectivity index (χ0) is 13.0. The van der Waals surface area contributed by atoms with E-state index >= 15 is 0 Å². The third kappa shape index (κ3) is 3.21. The topological polar surface area (TPSA) is 38.5 Å². The number of hydrogen-bond donors (Lipinski definition) is 1. The number of nitrogens with two attached hydrogens (primary N) is 1. The van der Waals surface area contributed by atoms with Gasteiger partial charge >= 0.3 is 0 Å². The molecule has 2 N–H and O–H groups in total. The molecular weight excluding hydrogens is 231 g/mol. The molecule has 1 unspecified atom stereocenters. The van der Waals surface area contributed by atoms with Gasteiger partial charge in [0, 0.05) is 25.9 Å². The van der Waals surface area contributed by atoms with Gasteiger partial charge in [0.15, 0.2) is 0 Å². The van der Waals surface area contributed by atoms with Crippen LogP contribution in [0, 0.1) is 5.82 Å². The van der Waals surface area contributed by atoms with Crippen molar-refractivity contribution in [1.29, 1.82) is 0 Å². The highest BCUT2D eigenvalue weighted by molar-refractivity contribution is 5.53. The van der Waals surface area contributed by atoms with E-state index in [1.165, 1.54) is 6.07 Å². The van der Waals surface area contributed by atoms with Crippen LogP contribution in [0.4, 0.5) is 10.1 Å². The third-order valence-electron chi connectivity index (χ3n) is 3.37. The molecule has 0 aromatic heterocycles. The zero-order valence-corrected chi connectivity index (χ0v) is 10.9. The van der Waals surface area contributed by atoms with E-state index < -0.39 is 0 Å². The van der Waals surface area contributed by atoms with E-state index in [0.717, 1.165) is 37.2 Å². The Kier molecular flexibility index (Phi) is 4.55. The Hall–Kier alpha value is -1.13. The second kappa shape index (κ2) is 6.16. The van der Waals surface area contributed by atoms with Crippen LogP contribution in [-0.2, 0) is 11.2 Å². The van der Waals surface area contributed by atoms with E-state index in [-0.39, 0.29) is 5.82 Å². The number of likely N-dealkylation sites (N-methyl/N-ethyl adjacent to an activating group) is 1. The van der Waals surface area contributed by atoms with Gasteiger partial charge in [0.25, 0.3) is 0 Å². The quantitative estimate of drug-likeness (QED) is 0.870. The van der Waals surface area contributed by atoms with Crippen LogP contribution >= 0.6 is 0 Å². The fourth-order valence-electron chi connectivity index (χ4n) is 2.47. The van der Waals surface area contributed by atoms with Crippen molar-refractivity contribution in [3.8, 4) is 0 Å². The van der Waals surface area contributed by atoms with Gasteiger partial charge in [-0.15, -0.1) is 0 Å². The second-order valence-corrected chi connectivity index (χ2v) is 4.83. The minimum atomic E-state index is -0.201. The maximum Gasteiger partial charge on any atom is 0.123 e. The fourth-order valence-corrected chi connectivity index (χ4v) is 2.47. The van der Waals surface area contributed by atoms with Gasteiger partial charge in [0.05, 0.1) is 6.10 Å². The maximum absolute atomic E-state index is 13.3. The molecule has 2 rings (SSSR count). The lowest BCUT2D eigenvalue weighted by Crippen LogP contribution is -2.29. The predicted molar refractivity (Wildman–Crippen MR) is 71.4 cm³/mol. The van der Waals surface area contributed by atoms with E-state index in [1.807, 2.05) is 13.1 Å². The normalized spacial score (nSPS) is 19.2. The Morgan fingerprint density at radius 3 is 3.00 bits per heavy atom. The standard InChI is InChI=1S/C14H21FN2O/c1-17(10-13-3-2-8-18-13)14-5-4-12(15)9-11(14)6-7-16/h4-5,9,13H,2-3,6-8,10,16H2,1H3. The van der Waals surface area contributed by atoms with Crippen molar-refractivity contribution in [2.75, 3.05) is 31.6 Å². The summed E-state index contributed by atoms with van der Waals surface area (Å²) < 4.78 is 18.9. The summed E-state index contributed by atoms with van der Waals surface area (Å²) in [5.41, 5.74) is 7.60. The first kappa shape index (κ1) is 13.3. The zero-order valence-electron chi connectivity index (χ0n) is 10.9. The lowest BCUT2D eigenvalue weighted by atomic mass is 10.1. The first-order valence-corrected chi connectivity index (χ1v) is 6.52. The van der Waals surface area contributed by atoms with Crippen molar-refractivity contribution in [3.63, 3.8) is 0 Å². The Morgan fingerprint density at radius 2 is 2.33 bits per heavy atom. The average Bonchev–Trinajstić information content (AvgIpc) is 2.82.